The van der Waals surface area contributed by atoms with E-state index in [4.69, 9.17) is 0 Å². The van der Waals surface area contributed by atoms with Gasteiger partial charge in [0.2, 0.25) is 0 Å². The van der Waals surface area contributed by atoms with Gasteiger partial charge in [0.15, 0.2) is 0 Å². The predicted molar refractivity (Wildman–Crippen MR) is 48.3 cm³/mol. The summed E-state index contributed by atoms with van der Waals surface area (Å²) in [6, 6.07) is 6.14. The first kappa shape index (κ1) is 9.71. The Morgan fingerprint density at radius 2 is 2.07 bits per heavy atom. The highest BCUT2D eigenvalue weighted by Gasteiger charge is 2.32. The van der Waals surface area contributed by atoms with Gasteiger partial charge in [0, 0.05) is 11.0 Å². The fourth-order valence-electron chi connectivity index (χ4n) is 1.15. The molecule has 0 aromatic heterocycles. The van der Waals surface area contributed by atoms with Crippen molar-refractivity contribution in [3.8, 4) is 5.75 Å². The van der Waals surface area contributed by atoms with E-state index < -0.39 is 6.36 Å². The van der Waals surface area contributed by atoms with Crippen LogP contribution in [0, 0.1) is 0 Å². The van der Waals surface area contributed by atoms with Crippen LogP contribution in [-0.4, -0.2) is 12.1 Å². The van der Waals surface area contributed by atoms with Crippen molar-refractivity contribution in [3.63, 3.8) is 0 Å². The molecule has 1 fully saturated rings. The van der Waals surface area contributed by atoms with E-state index in [9.17, 15) is 13.2 Å². The summed E-state index contributed by atoms with van der Waals surface area (Å²) in [5, 5.41) is 0.354. The van der Waals surface area contributed by atoms with Crippen LogP contribution in [0.5, 0.6) is 5.75 Å². The molecule has 1 saturated heterocycles. The van der Waals surface area contributed by atoms with E-state index in [1.54, 1.807) is 17.8 Å². The molecule has 1 aliphatic rings. The zero-order valence-electron chi connectivity index (χ0n) is 7.04. The van der Waals surface area contributed by atoms with Gasteiger partial charge in [0.05, 0.1) is 0 Å². The van der Waals surface area contributed by atoms with Crippen LogP contribution in [0.25, 0.3) is 0 Å². The number of benzene rings is 1. The summed E-state index contributed by atoms with van der Waals surface area (Å²) in [6.45, 7) is 0. The maximum atomic E-state index is 11.9. The first-order chi connectivity index (χ1) is 6.54. The number of ether oxygens (including phenoxy) is 1. The van der Waals surface area contributed by atoms with E-state index >= 15 is 0 Å². The van der Waals surface area contributed by atoms with Gasteiger partial charge in [-0.1, -0.05) is 12.1 Å². The van der Waals surface area contributed by atoms with Gasteiger partial charge in [0.25, 0.3) is 0 Å². The summed E-state index contributed by atoms with van der Waals surface area (Å²) in [5.74, 6) is 0.845. The number of thioether (sulfide) groups is 1. The summed E-state index contributed by atoms with van der Waals surface area (Å²) in [4.78, 5) is 0. The van der Waals surface area contributed by atoms with Crippen molar-refractivity contribution in [2.45, 2.75) is 11.6 Å². The Kier molecular flexibility index (Phi) is 2.34. The smallest absolute Gasteiger partial charge is 0.406 e. The highest BCUT2D eigenvalue weighted by Crippen LogP contribution is 2.46. The van der Waals surface area contributed by atoms with Crippen LogP contribution in [0.2, 0.25) is 0 Å². The molecule has 1 aliphatic heterocycles. The number of hydrogen-bond acceptors (Lipinski definition) is 2. The van der Waals surface area contributed by atoms with E-state index in [0.717, 1.165) is 11.3 Å². The molecule has 1 unspecified atom stereocenters. The van der Waals surface area contributed by atoms with Gasteiger partial charge in [0.1, 0.15) is 5.75 Å². The van der Waals surface area contributed by atoms with Crippen LogP contribution in [0.4, 0.5) is 13.2 Å². The molecule has 1 aromatic rings. The molecular formula is C9H7F3OS. The van der Waals surface area contributed by atoms with Crippen molar-refractivity contribution in [2.24, 2.45) is 0 Å². The Hall–Kier alpha value is -0.840. The first-order valence-electron chi connectivity index (χ1n) is 4.02. The standard InChI is InChI=1S/C9H7F3OS/c10-9(11,12)13-7-3-1-2-6(4-7)8-5-14-8/h1-4,8H,5H2. The second kappa shape index (κ2) is 3.38. The molecule has 1 atom stereocenters. The lowest BCUT2D eigenvalue weighted by Gasteiger charge is -2.09. The van der Waals surface area contributed by atoms with Crippen molar-refractivity contribution in [3.05, 3.63) is 29.8 Å². The Morgan fingerprint density at radius 1 is 1.36 bits per heavy atom. The molecule has 0 radical (unpaired) electrons. The quantitative estimate of drug-likeness (QED) is 0.706. The monoisotopic (exact) mass is 220 g/mol. The summed E-state index contributed by atoms with van der Waals surface area (Å²) in [7, 11) is 0. The zero-order valence-corrected chi connectivity index (χ0v) is 7.86. The molecule has 0 saturated carbocycles. The van der Waals surface area contributed by atoms with Crippen LogP contribution in [0.15, 0.2) is 24.3 Å². The second-order valence-corrected chi connectivity index (χ2v) is 4.18. The number of rotatable bonds is 2. The predicted octanol–water partition coefficient (Wildman–Crippen LogP) is 3.37. The molecule has 14 heavy (non-hydrogen) atoms. The van der Waals surface area contributed by atoms with Crippen molar-refractivity contribution >= 4 is 11.8 Å². The molecule has 5 heteroatoms. The Bertz CT molecular complexity index is 333. The molecular weight excluding hydrogens is 213 g/mol. The van der Waals surface area contributed by atoms with E-state index in [0.29, 0.717) is 5.25 Å². The van der Waals surface area contributed by atoms with Gasteiger partial charge in [-0.2, -0.15) is 11.8 Å². The van der Waals surface area contributed by atoms with Gasteiger partial charge in [-0.3, -0.25) is 0 Å². The summed E-state index contributed by atoms with van der Waals surface area (Å²) in [5.41, 5.74) is 0.900. The summed E-state index contributed by atoms with van der Waals surface area (Å²) < 4.78 is 39.4. The van der Waals surface area contributed by atoms with Crippen LogP contribution < -0.4 is 4.74 Å². The minimum absolute atomic E-state index is 0.137. The van der Waals surface area contributed by atoms with Gasteiger partial charge in [-0.05, 0) is 17.7 Å². The maximum absolute atomic E-state index is 11.9. The van der Waals surface area contributed by atoms with Gasteiger partial charge in [-0.25, -0.2) is 0 Å². The topological polar surface area (TPSA) is 9.23 Å². The molecule has 0 amide bonds. The molecule has 1 heterocycles. The zero-order chi connectivity index (χ0) is 10.2. The fourth-order valence-corrected chi connectivity index (χ4v) is 1.78. The minimum Gasteiger partial charge on any atom is -0.406 e. The summed E-state index contributed by atoms with van der Waals surface area (Å²) >= 11 is 1.71. The van der Waals surface area contributed by atoms with Crippen LogP contribution in [0.1, 0.15) is 10.8 Å². The SMILES string of the molecule is FC(F)(F)Oc1cccc(C2CS2)c1. The molecule has 0 bridgehead atoms. The lowest BCUT2D eigenvalue weighted by molar-refractivity contribution is -0.274. The molecule has 0 aliphatic carbocycles. The highest BCUT2D eigenvalue weighted by atomic mass is 32.2. The average Bonchev–Trinajstić information content (AvgIpc) is 2.83. The lowest BCUT2D eigenvalue weighted by atomic mass is 10.2. The molecule has 1 nitrogen and oxygen atoms in total. The van der Waals surface area contributed by atoms with E-state index in [1.165, 1.54) is 12.1 Å². The minimum atomic E-state index is -4.60. The fraction of sp³-hybridized carbons (Fsp3) is 0.333. The maximum Gasteiger partial charge on any atom is 0.573 e. The highest BCUT2D eigenvalue weighted by molar-refractivity contribution is 8.06. The average molecular weight is 220 g/mol. The second-order valence-electron chi connectivity index (χ2n) is 2.94. The number of hydrogen-bond donors (Lipinski definition) is 0. The molecule has 76 valence electrons. The third-order valence-electron chi connectivity index (χ3n) is 1.80. The third-order valence-corrected chi connectivity index (χ3v) is 2.74. The Morgan fingerprint density at radius 3 is 2.64 bits per heavy atom. The number of alkyl halides is 3. The molecule has 0 spiro atoms. The Labute approximate surface area is 83.3 Å². The molecule has 2 rings (SSSR count). The van der Waals surface area contributed by atoms with Crippen molar-refractivity contribution in [1.82, 2.24) is 0 Å². The van der Waals surface area contributed by atoms with E-state index in [-0.39, 0.29) is 5.75 Å². The van der Waals surface area contributed by atoms with Crippen LogP contribution in [0.3, 0.4) is 0 Å². The number of halogens is 3. The van der Waals surface area contributed by atoms with Crippen molar-refractivity contribution in [2.75, 3.05) is 5.75 Å². The van der Waals surface area contributed by atoms with Gasteiger partial charge < -0.3 is 4.74 Å². The van der Waals surface area contributed by atoms with Gasteiger partial charge >= 0.3 is 6.36 Å². The van der Waals surface area contributed by atoms with E-state index in [2.05, 4.69) is 4.74 Å². The lowest BCUT2D eigenvalue weighted by Crippen LogP contribution is -2.17. The molecule has 0 N–H and O–H groups in total. The van der Waals surface area contributed by atoms with Crippen molar-refractivity contribution in [1.29, 1.82) is 0 Å². The molecule has 1 aromatic carbocycles. The van der Waals surface area contributed by atoms with Gasteiger partial charge in [-0.15, -0.1) is 13.2 Å². The van der Waals surface area contributed by atoms with Crippen LogP contribution in [-0.2, 0) is 0 Å². The third kappa shape index (κ3) is 2.57. The summed E-state index contributed by atoms with van der Waals surface area (Å²) in [6.07, 6.45) is -4.60. The van der Waals surface area contributed by atoms with Crippen molar-refractivity contribution < 1.29 is 17.9 Å². The largest absolute Gasteiger partial charge is 0.573 e. The van der Waals surface area contributed by atoms with E-state index in [1.807, 2.05) is 6.07 Å². The first-order valence-corrected chi connectivity index (χ1v) is 5.07. The normalized spacial score (nSPS) is 20.6. The van der Waals surface area contributed by atoms with Crippen LogP contribution >= 0.6 is 11.8 Å². The Balaban J connectivity index is 2.13.